The lowest BCUT2D eigenvalue weighted by molar-refractivity contribution is -0.139. The molecule has 4 nitrogen and oxygen atoms in total. The molecule has 2 heterocycles. The van der Waals surface area contributed by atoms with Crippen LogP contribution < -0.4 is 5.32 Å². The fourth-order valence-electron chi connectivity index (χ4n) is 2.47. The van der Waals surface area contributed by atoms with E-state index in [4.69, 9.17) is 4.42 Å². The van der Waals surface area contributed by atoms with Gasteiger partial charge in [0.05, 0.1) is 6.26 Å². The zero-order valence-electron chi connectivity index (χ0n) is 10.7. The number of nitrogens with one attached hydrogen (secondary N) is 1. The van der Waals surface area contributed by atoms with Crippen molar-refractivity contribution in [2.75, 3.05) is 0 Å². The first-order chi connectivity index (χ1) is 8.99. The van der Waals surface area contributed by atoms with Crippen LogP contribution in [0.3, 0.4) is 0 Å². The van der Waals surface area contributed by atoms with Gasteiger partial charge in [0, 0.05) is 15.5 Å². The minimum absolute atomic E-state index is 0.129. The Hall–Kier alpha value is -1.46. The summed E-state index contributed by atoms with van der Waals surface area (Å²) in [4.78, 5) is 11.3. The third-order valence-electron chi connectivity index (χ3n) is 3.46. The van der Waals surface area contributed by atoms with E-state index < -0.39 is 12.0 Å². The van der Waals surface area contributed by atoms with Gasteiger partial charge in [0.15, 0.2) is 0 Å². The standard InChI is InChI=1S/C14H15NO3S/c1-14(2)11(13(16)17)15-12(19-14)10-9-6-4-3-5-8(9)7-18-10/h3-7,11-12,15H,1-2H3,(H,16,17). The number of benzene rings is 1. The second-order valence-corrected chi connectivity index (χ2v) is 6.99. The van der Waals surface area contributed by atoms with Gasteiger partial charge < -0.3 is 9.52 Å². The van der Waals surface area contributed by atoms with Crippen molar-refractivity contribution < 1.29 is 14.3 Å². The maximum absolute atomic E-state index is 11.3. The Morgan fingerprint density at radius 2 is 2.16 bits per heavy atom. The van der Waals surface area contributed by atoms with Crippen LogP contribution in [0.5, 0.6) is 0 Å². The van der Waals surface area contributed by atoms with Crippen LogP contribution in [0.15, 0.2) is 34.9 Å². The summed E-state index contributed by atoms with van der Waals surface area (Å²) in [6.07, 6.45) is 1.72. The summed E-state index contributed by atoms with van der Waals surface area (Å²) in [5.74, 6) is -0.0201. The van der Waals surface area contributed by atoms with Crippen LogP contribution in [0.2, 0.25) is 0 Å². The lowest BCUT2D eigenvalue weighted by Crippen LogP contribution is -2.43. The number of thioether (sulfide) groups is 1. The molecule has 0 amide bonds. The van der Waals surface area contributed by atoms with E-state index >= 15 is 0 Å². The molecule has 1 aromatic heterocycles. The average Bonchev–Trinajstić information content (AvgIpc) is 2.89. The number of hydrogen-bond donors (Lipinski definition) is 2. The van der Waals surface area contributed by atoms with Crippen LogP contribution in [-0.2, 0) is 4.79 Å². The molecule has 5 heteroatoms. The molecule has 0 aliphatic carbocycles. The first-order valence-corrected chi connectivity index (χ1v) is 7.00. The molecule has 0 saturated carbocycles. The Labute approximate surface area is 115 Å². The monoisotopic (exact) mass is 277 g/mol. The highest BCUT2D eigenvalue weighted by molar-refractivity contribution is 8.01. The zero-order chi connectivity index (χ0) is 13.6. The van der Waals surface area contributed by atoms with Gasteiger partial charge in [-0.2, -0.15) is 0 Å². The van der Waals surface area contributed by atoms with Crippen molar-refractivity contribution in [2.24, 2.45) is 0 Å². The van der Waals surface area contributed by atoms with E-state index in [9.17, 15) is 9.90 Å². The van der Waals surface area contributed by atoms with E-state index in [1.165, 1.54) is 0 Å². The quantitative estimate of drug-likeness (QED) is 0.883. The maximum Gasteiger partial charge on any atom is 0.322 e. The topological polar surface area (TPSA) is 62.5 Å². The number of carbonyl (C=O) groups is 1. The third-order valence-corrected chi connectivity index (χ3v) is 4.89. The van der Waals surface area contributed by atoms with E-state index in [0.717, 1.165) is 16.5 Å². The Balaban J connectivity index is 1.98. The van der Waals surface area contributed by atoms with Crippen LogP contribution >= 0.6 is 11.8 Å². The Kier molecular flexibility index (Phi) is 2.83. The van der Waals surface area contributed by atoms with Gasteiger partial charge in [-0.15, -0.1) is 11.8 Å². The molecule has 1 aliphatic rings. The van der Waals surface area contributed by atoms with Gasteiger partial charge in [0.25, 0.3) is 0 Å². The van der Waals surface area contributed by atoms with Crippen molar-refractivity contribution in [1.29, 1.82) is 0 Å². The molecule has 1 fully saturated rings. The van der Waals surface area contributed by atoms with Gasteiger partial charge in [0.1, 0.15) is 17.2 Å². The van der Waals surface area contributed by atoms with Gasteiger partial charge in [-0.3, -0.25) is 10.1 Å². The molecule has 0 radical (unpaired) electrons. The predicted molar refractivity (Wildman–Crippen MR) is 75.2 cm³/mol. The van der Waals surface area contributed by atoms with Crippen molar-refractivity contribution in [3.63, 3.8) is 0 Å². The first kappa shape index (κ1) is 12.6. The van der Waals surface area contributed by atoms with E-state index in [2.05, 4.69) is 5.32 Å². The zero-order valence-corrected chi connectivity index (χ0v) is 11.5. The molecule has 2 N–H and O–H groups in total. The molecule has 19 heavy (non-hydrogen) atoms. The molecule has 2 unspecified atom stereocenters. The summed E-state index contributed by atoms with van der Waals surface area (Å²) >= 11 is 1.59. The van der Waals surface area contributed by atoms with Gasteiger partial charge in [-0.05, 0) is 13.8 Å². The molecular weight excluding hydrogens is 262 g/mol. The molecule has 2 aromatic rings. The van der Waals surface area contributed by atoms with Crippen LogP contribution in [0.4, 0.5) is 0 Å². The Morgan fingerprint density at radius 3 is 2.84 bits per heavy atom. The second kappa shape index (κ2) is 4.28. The lowest BCUT2D eigenvalue weighted by Gasteiger charge is -2.20. The number of carboxylic acids is 1. The highest BCUT2D eigenvalue weighted by Gasteiger charge is 2.46. The molecule has 1 aliphatic heterocycles. The number of carboxylic acid groups (broad SMARTS) is 1. The summed E-state index contributed by atoms with van der Waals surface area (Å²) in [5, 5.41) is 14.4. The van der Waals surface area contributed by atoms with Crippen molar-refractivity contribution >= 4 is 28.5 Å². The average molecular weight is 277 g/mol. The smallest absolute Gasteiger partial charge is 0.322 e. The minimum Gasteiger partial charge on any atom is -0.480 e. The highest BCUT2D eigenvalue weighted by Crippen LogP contribution is 2.47. The Morgan fingerprint density at radius 1 is 1.42 bits per heavy atom. The Bertz CT molecular complexity index is 634. The highest BCUT2D eigenvalue weighted by atomic mass is 32.2. The fourth-order valence-corrected chi connectivity index (χ4v) is 3.88. The first-order valence-electron chi connectivity index (χ1n) is 6.12. The number of rotatable bonds is 2. The molecule has 2 atom stereocenters. The molecule has 0 spiro atoms. The van der Waals surface area contributed by atoms with E-state index in [0.29, 0.717) is 0 Å². The van der Waals surface area contributed by atoms with E-state index in [-0.39, 0.29) is 10.1 Å². The van der Waals surface area contributed by atoms with E-state index in [1.54, 1.807) is 18.0 Å². The van der Waals surface area contributed by atoms with Crippen LogP contribution in [0.1, 0.15) is 25.0 Å². The summed E-state index contributed by atoms with van der Waals surface area (Å²) in [6.45, 7) is 3.88. The van der Waals surface area contributed by atoms with Gasteiger partial charge in [-0.25, -0.2) is 0 Å². The van der Waals surface area contributed by atoms with Gasteiger partial charge >= 0.3 is 5.97 Å². The SMILES string of the molecule is CC1(C)SC(c2occ3ccccc23)NC1C(=O)O. The molecule has 1 saturated heterocycles. The normalized spacial score (nSPS) is 25.8. The van der Waals surface area contributed by atoms with Crippen molar-refractivity contribution in [3.8, 4) is 0 Å². The largest absolute Gasteiger partial charge is 0.480 e. The fraction of sp³-hybridized carbons (Fsp3) is 0.357. The van der Waals surface area contributed by atoms with Crippen LogP contribution in [0, 0.1) is 0 Å². The molecular formula is C14H15NO3S. The third kappa shape index (κ3) is 2.03. The van der Waals surface area contributed by atoms with Crippen LogP contribution in [0.25, 0.3) is 10.8 Å². The number of fused-ring (bicyclic) bond motifs is 1. The van der Waals surface area contributed by atoms with Crippen molar-refractivity contribution in [2.45, 2.75) is 30.0 Å². The van der Waals surface area contributed by atoms with Crippen molar-refractivity contribution in [3.05, 3.63) is 36.3 Å². The summed E-state index contributed by atoms with van der Waals surface area (Å²) in [7, 11) is 0. The summed E-state index contributed by atoms with van der Waals surface area (Å²) in [6, 6.07) is 7.33. The van der Waals surface area contributed by atoms with Gasteiger partial charge in [0.2, 0.25) is 0 Å². The molecule has 1 aromatic carbocycles. The van der Waals surface area contributed by atoms with E-state index in [1.807, 2.05) is 38.1 Å². The number of hydrogen-bond acceptors (Lipinski definition) is 4. The minimum atomic E-state index is -0.823. The summed E-state index contributed by atoms with van der Waals surface area (Å²) < 4.78 is 5.27. The maximum atomic E-state index is 11.3. The van der Waals surface area contributed by atoms with Crippen LogP contribution in [-0.4, -0.2) is 21.9 Å². The molecule has 0 bridgehead atoms. The second-order valence-electron chi connectivity index (χ2n) is 5.23. The molecule has 100 valence electrons. The van der Waals surface area contributed by atoms with Crippen molar-refractivity contribution in [1.82, 2.24) is 5.32 Å². The number of aliphatic carboxylic acids is 1. The number of furan rings is 1. The molecule has 3 rings (SSSR count). The van der Waals surface area contributed by atoms with Gasteiger partial charge in [-0.1, -0.05) is 24.3 Å². The predicted octanol–water partition coefficient (Wildman–Crippen LogP) is 3.00. The summed E-state index contributed by atoms with van der Waals surface area (Å²) in [5.41, 5.74) is 0. The lowest BCUT2D eigenvalue weighted by atomic mass is 10.0.